The van der Waals surface area contributed by atoms with Crippen LogP contribution in [0.15, 0.2) is 71.3 Å². The zero-order valence-electron chi connectivity index (χ0n) is 18.6. The standard InChI is InChI=1S/C27H29BrN2O2/c1-3-31-26-14-22(16-29-13-12-21-17-30-25-7-5-4-6-23(21)25)24(28)15-27(26)32-18-20-10-8-19(2)9-11-20/h4-11,14-15,17,29-30H,3,12-13,16,18H2,1-2H3. The smallest absolute Gasteiger partial charge is 0.162 e. The maximum Gasteiger partial charge on any atom is 0.162 e. The van der Waals surface area contributed by atoms with Gasteiger partial charge in [-0.05, 0) is 61.7 Å². The first-order valence-corrected chi connectivity index (χ1v) is 11.8. The summed E-state index contributed by atoms with van der Waals surface area (Å²) < 4.78 is 13.0. The van der Waals surface area contributed by atoms with Crippen molar-refractivity contribution in [3.63, 3.8) is 0 Å². The van der Waals surface area contributed by atoms with Crippen LogP contribution in [0.25, 0.3) is 10.9 Å². The van der Waals surface area contributed by atoms with E-state index < -0.39 is 0 Å². The Morgan fingerprint density at radius 2 is 1.72 bits per heavy atom. The number of aryl methyl sites for hydroxylation is 1. The van der Waals surface area contributed by atoms with Gasteiger partial charge in [0.15, 0.2) is 11.5 Å². The summed E-state index contributed by atoms with van der Waals surface area (Å²) in [7, 11) is 0. The Bertz CT molecular complexity index is 1170. The van der Waals surface area contributed by atoms with E-state index in [0.717, 1.165) is 46.6 Å². The second-order valence-electron chi connectivity index (χ2n) is 7.88. The minimum Gasteiger partial charge on any atom is -0.490 e. The van der Waals surface area contributed by atoms with Crippen LogP contribution in [0.5, 0.6) is 11.5 Å². The van der Waals surface area contributed by atoms with Gasteiger partial charge in [-0.2, -0.15) is 0 Å². The molecule has 0 spiro atoms. The summed E-state index contributed by atoms with van der Waals surface area (Å²) in [5.41, 5.74) is 6.05. The van der Waals surface area contributed by atoms with E-state index in [9.17, 15) is 0 Å². The fraction of sp³-hybridized carbons (Fsp3) is 0.259. The van der Waals surface area contributed by atoms with Crippen LogP contribution in [0.3, 0.4) is 0 Å². The average Bonchev–Trinajstić information content (AvgIpc) is 3.21. The van der Waals surface area contributed by atoms with Crippen LogP contribution in [0, 0.1) is 6.92 Å². The van der Waals surface area contributed by atoms with Gasteiger partial charge < -0.3 is 19.8 Å². The molecule has 0 aliphatic rings. The van der Waals surface area contributed by atoms with Crippen molar-refractivity contribution in [2.24, 2.45) is 0 Å². The monoisotopic (exact) mass is 492 g/mol. The molecule has 0 aliphatic carbocycles. The lowest BCUT2D eigenvalue weighted by Crippen LogP contribution is -2.17. The number of halogens is 1. The van der Waals surface area contributed by atoms with Crippen molar-refractivity contribution in [1.29, 1.82) is 0 Å². The second-order valence-corrected chi connectivity index (χ2v) is 8.74. The normalized spacial score (nSPS) is 11.1. The molecule has 0 bridgehead atoms. The molecule has 0 saturated carbocycles. The first-order valence-electron chi connectivity index (χ1n) is 11.0. The van der Waals surface area contributed by atoms with Crippen LogP contribution in [-0.2, 0) is 19.6 Å². The van der Waals surface area contributed by atoms with Crippen molar-refractivity contribution >= 4 is 26.8 Å². The highest BCUT2D eigenvalue weighted by atomic mass is 79.9. The van der Waals surface area contributed by atoms with Crippen LogP contribution in [0.2, 0.25) is 0 Å². The van der Waals surface area contributed by atoms with Gasteiger partial charge >= 0.3 is 0 Å². The predicted molar refractivity (Wildman–Crippen MR) is 135 cm³/mol. The Kier molecular flexibility index (Phi) is 7.51. The number of fused-ring (bicyclic) bond motifs is 1. The van der Waals surface area contributed by atoms with Gasteiger partial charge in [0, 0.05) is 28.1 Å². The number of aromatic nitrogens is 1. The zero-order valence-corrected chi connectivity index (χ0v) is 20.2. The largest absolute Gasteiger partial charge is 0.490 e. The molecule has 4 rings (SSSR count). The fourth-order valence-corrected chi connectivity index (χ4v) is 4.19. The summed E-state index contributed by atoms with van der Waals surface area (Å²) in [6, 6.07) is 20.9. The van der Waals surface area contributed by atoms with E-state index >= 15 is 0 Å². The molecule has 166 valence electrons. The predicted octanol–water partition coefficient (Wildman–Crippen LogP) is 6.55. The van der Waals surface area contributed by atoms with Gasteiger partial charge in [-0.1, -0.05) is 64.0 Å². The van der Waals surface area contributed by atoms with E-state index in [-0.39, 0.29) is 0 Å². The molecule has 0 atom stereocenters. The number of aromatic amines is 1. The Hall–Kier alpha value is -2.76. The van der Waals surface area contributed by atoms with Crippen LogP contribution < -0.4 is 14.8 Å². The van der Waals surface area contributed by atoms with Crippen LogP contribution in [0.1, 0.15) is 29.2 Å². The number of ether oxygens (including phenoxy) is 2. The molecular formula is C27H29BrN2O2. The first kappa shape index (κ1) is 22.4. The molecule has 3 aromatic carbocycles. The summed E-state index contributed by atoms with van der Waals surface area (Å²) >= 11 is 3.71. The summed E-state index contributed by atoms with van der Waals surface area (Å²) in [6.45, 7) is 6.82. The van der Waals surface area contributed by atoms with Crippen molar-refractivity contribution in [3.8, 4) is 11.5 Å². The van der Waals surface area contributed by atoms with Gasteiger partial charge in [0.2, 0.25) is 0 Å². The minimum absolute atomic E-state index is 0.509. The first-order chi connectivity index (χ1) is 15.6. The highest BCUT2D eigenvalue weighted by Crippen LogP contribution is 2.34. The molecule has 0 unspecified atom stereocenters. The third-order valence-corrected chi connectivity index (χ3v) is 6.23. The number of hydrogen-bond acceptors (Lipinski definition) is 3. The van der Waals surface area contributed by atoms with Crippen LogP contribution >= 0.6 is 15.9 Å². The van der Waals surface area contributed by atoms with Gasteiger partial charge in [0.25, 0.3) is 0 Å². The second kappa shape index (κ2) is 10.7. The lowest BCUT2D eigenvalue weighted by molar-refractivity contribution is 0.269. The highest BCUT2D eigenvalue weighted by Gasteiger charge is 2.12. The Balaban J connectivity index is 1.37. The molecular weight excluding hydrogens is 464 g/mol. The SMILES string of the molecule is CCOc1cc(CNCCc2c[nH]c3ccccc23)c(Br)cc1OCc1ccc(C)cc1. The average molecular weight is 493 g/mol. The van der Waals surface area contributed by atoms with Crippen molar-refractivity contribution in [2.45, 2.75) is 33.4 Å². The van der Waals surface area contributed by atoms with Gasteiger partial charge in [0.1, 0.15) is 6.61 Å². The number of hydrogen-bond donors (Lipinski definition) is 2. The topological polar surface area (TPSA) is 46.3 Å². The van der Waals surface area contributed by atoms with Crippen LogP contribution in [-0.4, -0.2) is 18.1 Å². The maximum atomic E-state index is 6.09. The number of H-pyrrole nitrogens is 1. The molecule has 1 heterocycles. The van der Waals surface area contributed by atoms with Crippen molar-refractivity contribution in [3.05, 3.63) is 93.6 Å². The summed E-state index contributed by atoms with van der Waals surface area (Å²) in [4.78, 5) is 3.34. The Morgan fingerprint density at radius 1 is 0.938 bits per heavy atom. The van der Waals surface area contributed by atoms with E-state index in [1.54, 1.807) is 0 Å². The van der Waals surface area contributed by atoms with E-state index in [1.807, 2.05) is 13.0 Å². The summed E-state index contributed by atoms with van der Waals surface area (Å²) in [5, 5.41) is 4.85. The fourth-order valence-electron chi connectivity index (χ4n) is 3.72. The number of rotatable bonds is 10. The molecule has 2 N–H and O–H groups in total. The van der Waals surface area contributed by atoms with E-state index in [0.29, 0.717) is 13.2 Å². The minimum atomic E-state index is 0.509. The molecule has 5 heteroatoms. The van der Waals surface area contributed by atoms with Gasteiger partial charge in [0.05, 0.1) is 6.61 Å². The third kappa shape index (κ3) is 5.53. The van der Waals surface area contributed by atoms with E-state index in [1.165, 1.54) is 22.0 Å². The zero-order chi connectivity index (χ0) is 22.3. The lowest BCUT2D eigenvalue weighted by Gasteiger charge is -2.15. The molecule has 4 nitrogen and oxygen atoms in total. The van der Waals surface area contributed by atoms with Crippen molar-refractivity contribution in [2.75, 3.05) is 13.2 Å². The highest BCUT2D eigenvalue weighted by molar-refractivity contribution is 9.10. The number of para-hydroxylation sites is 1. The van der Waals surface area contributed by atoms with Crippen LogP contribution in [0.4, 0.5) is 0 Å². The van der Waals surface area contributed by atoms with Crippen molar-refractivity contribution < 1.29 is 9.47 Å². The molecule has 4 aromatic rings. The molecule has 32 heavy (non-hydrogen) atoms. The molecule has 1 aromatic heterocycles. The third-order valence-electron chi connectivity index (χ3n) is 5.49. The van der Waals surface area contributed by atoms with Gasteiger partial charge in [-0.3, -0.25) is 0 Å². The quantitative estimate of drug-likeness (QED) is 0.246. The number of benzene rings is 3. The maximum absolute atomic E-state index is 6.09. The van der Waals surface area contributed by atoms with Gasteiger partial charge in [-0.25, -0.2) is 0 Å². The molecule has 0 fully saturated rings. The molecule has 0 amide bonds. The lowest BCUT2D eigenvalue weighted by atomic mass is 10.1. The molecule has 0 aliphatic heterocycles. The molecule has 0 radical (unpaired) electrons. The van der Waals surface area contributed by atoms with E-state index in [2.05, 4.69) is 93.9 Å². The summed E-state index contributed by atoms with van der Waals surface area (Å²) in [6.07, 6.45) is 3.08. The van der Waals surface area contributed by atoms with E-state index in [4.69, 9.17) is 9.47 Å². The van der Waals surface area contributed by atoms with Gasteiger partial charge in [-0.15, -0.1) is 0 Å². The molecule has 0 saturated heterocycles. The number of nitrogens with one attached hydrogen (secondary N) is 2. The Morgan fingerprint density at radius 3 is 2.53 bits per heavy atom. The van der Waals surface area contributed by atoms with Crippen molar-refractivity contribution in [1.82, 2.24) is 10.3 Å². The Labute approximate surface area is 198 Å². The summed E-state index contributed by atoms with van der Waals surface area (Å²) in [5.74, 6) is 1.53.